The summed E-state index contributed by atoms with van der Waals surface area (Å²) in [4.78, 5) is 0. The van der Waals surface area contributed by atoms with Crippen LogP contribution in [0.2, 0.25) is 0 Å². The Morgan fingerprint density at radius 1 is 1.08 bits per heavy atom. The molecule has 0 aliphatic heterocycles. The summed E-state index contributed by atoms with van der Waals surface area (Å²) in [5.74, 6) is 1.60. The Kier molecular flexibility index (Phi) is 6.82. The smallest absolute Gasteiger partial charge is 0.137 e. The SMILES string of the molecule is COc1cccc(CCc2ccccc2OC[C@H](O)C[N+](C)(C)[O-])c1. The summed E-state index contributed by atoms with van der Waals surface area (Å²) in [6.07, 6.45) is 0.895. The molecular formula is C20H27NO4. The van der Waals surface area contributed by atoms with Crippen molar-refractivity contribution in [1.29, 1.82) is 0 Å². The molecule has 2 aromatic rings. The minimum Gasteiger partial charge on any atom is -0.633 e. The van der Waals surface area contributed by atoms with Crippen molar-refractivity contribution in [2.75, 3.05) is 34.4 Å². The van der Waals surface area contributed by atoms with Gasteiger partial charge in [-0.1, -0.05) is 30.3 Å². The molecule has 0 unspecified atom stereocenters. The second kappa shape index (κ2) is 8.85. The van der Waals surface area contributed by atoms with E-state index in [1.54, 1.807) is 7.11 Å². The molecule has 2 aromatic carbocycles. The van der Waals surface area contributed by atoms with Crippen molar-refractivity contribution in [3.05, 3.63) is 64.9 Å². The molecule has 0 bridgehead atoms. The highest BCUT2D eigenvalue weighted by molar-refractivity contribution is 5.35. The molecule has 0 fully saturated rings. The van der Waals surface area contributed by atoms with Gasteiger partial charge in [-0.15, -0.1) is 0 Å². The standard InChI is InChI=1S/C20H27NO4/c1-21(2,23)14-18(22)15-25-20-10-5-4-8-17(20)12-11-16-7-6-9-19(13-16)24-3/h4-10,13,18,22H,11-12,14-15H2,1-3H3/t18-/m1/s1. The third-order valence-corrected chi connectivity index (χ3v) is 3.87. The second-order valence-corrected chi connectivity index (χ2v) is 6.68. The summed E-state index contributed by atoms with van der Waals surface area (Å²) in [6, 6.07) is 15.8. The fourth-order valence-corrected chi connectivity index (χ4v) is 2.70. The maximum absolute atomic E-state index is 11.6. The Hall–Kier alpha value is -2.08. The normalized spacial score (nSPS) is 12.7. The quantitative estimate of drug-likeness (QED) is 0.561. The number of hydrogen-bond acceptors (Lipinski definition) is 4. The molecule has 5 nitrogen and oxygen atoms in total. The Bertz CT molecular complexity index is 667. The third kappa shape index (κ3) is 6.74. The summed E-state index contributed by atoms with van der Waals surface area (Å²) in [7, 11) is 4.67. The van der Waals surface area contributed by atoms with Crippen LogP contribution in [0.5, 0.6) is 11.5 Å². The molecule has 0 heterocycles. The number of hydrogen-bond donors (Lipinski definition) is 1. The van der Waals surface area contributed by atoms with Crippen LogP contribution in [0.1, 0.15) is 11.1 Å². The predicted molar refractivity (Wildman–Crippen MR) is 98.7 cm³/mol. The highest BCUT2D eigenvalue weighted by atomic mass is 16.5. The zero-order valence-electron chi connectivity index (χ0n) is 15.1. The van der Waals surface area contributed by atoms with Gasteiger partial charge in [-0.25, -0.2) is 0 Å². The van der Waals surface area contributed by atoms with E-state index in [-0.39, 0.29) is 13.2 Å². The van der Waals surface area contributed by atoms with Crippen LogP contribution in [0.3, 0.4) is 0 Å². The van der Waals surface area contributed by atoms with E-state index >= 15 is 0 Å². The molecule has 2 rings (SSSR count). The van der Waals surface area contributed by atoms with Crippen LogP contribution in [-0.2, 0) is 12.8 Å². The van der Waals surface area contributed by atoms with Crippen LogP contribution in [0.15, 0.2) is 48.5 Å². The number of likely N-dealkylation sites (N-methyl/N-ethyl adjacent to an activating group) is 1. The van der Waals surface area contributed by atoms with Gasteiger partial charge in [0.25, 0.3) is 0 Å². The maximum atomic E-state index is 11.6. The minimum absolute atomic E-state index is 0.103. The third-order valence-electron chi connectivity index (χ3n) is 3.87. The molecule has 0 saturated heterocycles. The predicted octanol–water partition coefficient (Wildman–Crippen LogP) is 2.79. The van der Waals surface area contributed by atoms with E-state index < -0.39 is 10.8 Å². The van der Waals surface area contributed by atoms with Crippen LogP contribution in [0, 0.1) is 5.21 Å². The highest BCUT2D eigenvalue weighted by Gasteiger charge is 2.14. The van der Waals surface area contributed by atoms with Gasteiger partial charge in [-0.05, 0) is 42.2 Å². The van der Waals surface area contributed by atoms with Gasteiger partial charge in [-0.3, -0.25) is 0 Å². The molecule has 0 aliphatic rings. The number of aliphatic hydroxyl groups excluding tert-OH is 1. The molecule has 0 aromatic heterocycles. The van der Waals surface area contributed by atoms with Gasteiger partial charge < -0.3 is 24.4 Å². The molecule has 0 radical (unpaired) electrons. The summed E-state index contributed by atoms with van der Waals surface area (Å²) in [5, 5.41) is 21.6. The monoisotopic (exact) mass is 345 g/mol. The zero-order valence-corrected chi connectivity index (χ0v) is 15.1. The van der Waals surface area contributed by atoms with E-state index in [0.717, 1.165) is 29.9 Å². The van der Waals surface area contributed by atoms with Crippen molar-refractivity contribution < 1.29 is 19.2 Å². The highest BCUT2D eigenvalue weighted by Crippen LogP contribution is 2.21. The molecule has 0 saturated carbocycles. The fraction of sp³-hybridized carbons (Fsp3) is 0.400. The average Bonchev–Trinajstić information content (AvgIpc) is 2.57. The van der Waals surface area contributed by atoms with Gasteiger partial charge in [0.15, 0.2) is 0 Å². The van der Waals surface area contributed by atoms with E-state index in [9.17, 15) is 10.3 Å². The van der Waals surface area contributed by atoms with E-state index in [4.69, 9.17) is 9.47 Å². The van der Waals surface area contributed by atoms with Gasteiger partial charge in [0.2, 0.25) is 0 Å². The second-order valence-electron chi connectivity index (χ2n) is 6.68. The van der Waals surface area contributed by atoms with E-state index in [1.165, 1.54) is 19.7 Å². The lowest BCUT2D eigenvalue weighted by molar-refractivity contribution is -0.843. The van der Waals surface area contributed by atoms with Crippen molar-refractivity contribution >= 4 is 0 Å². The molecule has 1 atom stereocenters. The summed E-state index contributed by atoms with van der Waals surface area (Å²) in [6.45, 7) is 0.214. The van der Waals surface area contributed by atoms with E-state index in [2.05, 4.69) is 6.07 Å². The molecular weight excluding hydrogens is 318 g/mol. The van der Waals surface area contributed by atoms with Crippen LogP contribution in [0.25, 0.3) is 0 Å². The molecule has 0 spiro atoms. The lowest BCUT2D eigenvalue weighted by atomic mass is 10.0. The number of ether oxygens (including phenoxy) is 2. The molecule has 25 heavy (non-hydrogen) atoms. The van der Waals surface area contributed by atoms with Crippen LogP contribution >= 0.6 is 0 Å². The van der Waals surface area contributed by atoms with Crippen molar-refractivity contribution in [1.82, 2.24) is 0 Å². The van der Waals surface area contributed by atoms with Crippen LogP contribution in [0.4, 0.5) is 0 Å². The molecule has 0 amide bonds. The topological polar surface area (TPSA) is 61.8 Å². The van der Waals surface area contributed by atoms with E-state index in [1.807, 2.05) is 42.5 Å². The summed E-state index contributed by atoms with van der Waals surface area (Å²) in [5.41, 5.74) is 2.27. The number of aliphatic hydroxyl groups is 1. The Morgan fingerprint density at radius 2 is 1.84 bits per heavy atom. The van der Waals surface area contributed by atoms with Gasteiger partial charge >= 0.3 is 0 Å². The number of nitrogens with zero attached hydrogens (tertiary/aromatic N) is 1. The number of rotatable bonds is 9. The first-order chi connectivity index (χ1) is 11.9. The summed E-state index contributed by atoms with van der Waals surface area (Å²) < 4.78 is 10.5. The first kappa shape index (κ1) is 19.2. The lowest BCUT2D eigenvalue weighted by Crippen LogP contribution is -2.41. The van der Waals surface area contributed by atoms with Gasteiger partial charge in [-0.2, -0.15) is 0 Å². The number of quaternary nitrogens is 1. The molecule has 1 N–H and O–H groups in total. The number of aryl methyl sites for hydroxylation is 2. The lowest BCUT2D eigenvalue weighted by Gasteiger charge is -2.35. The first-order valence-electron chi connectivity index (χ1n) is 8.43. The van der Waals surface area contributed by atoms with Gasteiger partial charge in [0.05, 0.1) is 21.2 Å². The molecule has 0 aliphatic carbocycles. The van der Waals surface area contributed by atoms with Crippen molar-refractivity contribution in [3.63, 3.8) is 0 Å². The number of benzene rings is 2. The van der Waals surface area contributed by atoms with Crippen LogP contribution in [-0.4, -0.2) is 50.2 Å². The largest absolute Gasteiger partial charge is 0.633 e. The van der Waals surface area contributed by atoms with E-state index in [0.29, 0.717) is 0 Å². The minimum atomic E-state index is -0.793. The fourth-order valence-electron chi connectivity index (χ4n) is 2.70. The summed E-state index contributed by atoms with van der Waals surface area (Å²) >= 11 is 0. The Balaban J connectivity index is 1.95. The Morgan fingerprint density at radius 3 is 2.56 bits per heavy atom. The molecule has 136 valence electrons. The first-order valence-corrected chi connectivity index (χ1v) is 8.43. The average molecular weight is 345 g/mol. The zero-order chi connectivity index (χ0) is 18.3. The Labute approximate surface area is 149 Å². The maximum Gasteiger partial charge on any atom is 0.137 e. The van der Waals surface area contributed by atoms with Gasteiger partial charge in [0.1, 0.15) is 30.8 Å². The van der Waals surface area contributed by atoms with Crippen molar-refractivity contribution in [3.8, 4) is 11.5 Å². The number of para-hydroxylation sites is 1. The van der Waals surface area contributed by atoms with Crippen LogP contribution < -0.4 is 9.47 Å². The molecule has 5 heteroatoms. The van der Waals surface area contributed by atoms with Gasteiger partial charge in [0, 0.05) is 0 Å². The van der Waals surface area contributed by atoms with Crippen molar-refractivity contribution in [2.45, 2.75) is 18.9 Å². The number of hydroxylamine groups is 3. The number of methoxy groups -OCH3 is 1. The van der Waals surface area contributed by atoms with Crippen molar-refractivity contribution in [2.24, 2.45) is 0 Å².